The molecule has 11 heteroatoms. The van der Waals surface area contributed by atoms with Crippen LogP contribution >= 0.6 is 0 Å². The zero-order valence-corrected chi connectivity index (χ0v) is 28.9. The molecule has 258 valence electrons. The number of methoxy groups -OCH3 is 1. The van der Waals surface area contributed by atoms with E-state index in [4.69, 9.17) is 28.4 Å². The summed E-state index contributed by atoms with van der Waals surface area (Å²) in [6, 6.07) is 13.3. The minimum atomic E-state index is -1.73. The standard InChI is InChI=1S/C37H44O11/c1-20(26-14-15-27-28(19-26)37(7,8)17-16-36(27,5)6)18-24-10-12-25(13-11-24)33(41)48-35-32(46-23(4)40)30(45-22(3)39)29(44-21(2)38)31(47-35)34(42)43-9/h10-15,18-19,29-32,35H,16-17H2,1-9H3/b20-18+/t29-,30-,31-,32+,35+/m0/s1. The summed E-state index contributed by atoms with van der Waals surface area (Å²) in [5.74, 6) is -4.39. The summed E-state index contributed by atoms with van der Waals surface area (Å²) in [6.07, 6.45) is -3.85. The van der Waals surface area contributed by atoms with Crippen molar-refractivity contribution in [2.24, 2.45) is 0 Å². The average molecular weight is 665 g/mol. The molecule has 0 radical (unpaired) electrons. The number of rotatable bonds is 8. The van der Waals surface area contributed by atoms with Crippen LogP contribution in [0.1, 0.15) is 101 Å². The molecule has 2 aliphatic rings. The van der Waals surface area contributed by atoms with Crippen molar-refractivity contribution in [3.05, 3.63) is 70.3 Å². The molecule has 0 aromatic heterocycles. The van der Waals surface area contributed by atoms with E-state index in [1.807, 2.05) is 13.0 Å². The number of ether oxygens (including phenoxy) is 6. The third-order valence-corrected chi connectivity index (χ3v) is 8.90. The molecule has 0 spiro atoms. The van der Waals surface area contributed by atoms with E-state index >= 15 is 0 Å². The van der Waals surface area contributed by atoms with E-state index < -0.39 is 60.6 Å². The molecule has 0 saturated carbocycles. The predicted molar refractivity (Wildman–Crippen MR) is 174 cm³/mol. The third kappa shape index (κ3) is 8.13. The lowest BCUT2D eigenvalue weighted by Crippen LogP contribution is -2.64. The number of allylic oxidation sites excluding steroid dienone is 1. The van der Waals surface area contributed by atoms with Crippen LogP contribution in [0.2, 0.25) is 0 Å². The Bertz CT molecular complexity index is 1600. The van der Waals surface area contributed by atoms with Crippen LogP contribution in [-0.2, 0) is 58.4 Å². The zero-order valence-electron chi connectivity index (χ0n) is 28.9. The molecule has 1 heterocycles. The number of carbonyl (C=O) groups excluding carboxylic acids is 5. The molecule has 1 aliphatic carbocycles. The third-order valence-electron chi connectivity index (χ3n) is 8.90. The minimum Gasteiger partial charge on any atom is -0.467 e. The largest absolute Gasteiger partial charge is 0.467 e. The van der Waals surface area contributed by atoms with Crippen molar-refractivity contribution in [1.82, 2.24) is 0 Å². The van der Waals surface area contributed by atoms with E-state index in [9.17, 15) is 24.0 Å². The topological polar surface area (TPSA) is 141 Å². The molecule has 1 fully saturated rings. The van der Waals surface area contributed by atoms with Gasteiger partial charge in [0.25, 0.3) is 0 Å². The van der Waals surface area contributed by atoms with Gasteiger partial charge in [0, 0.05) is 20.8 Å². The van der Waals surface area contributed by atoms with Crippen LogP contribution in [0, 0.1) is 0 Å². The van der Waals surface area contributed by atoms with Gasteiger partial charge in [0.15, 0.2) is 18.3 Å². The van der Waals surface area contributed by atoms with Crippen molar-refractivity contribution in [2.75, 3.05) is 7.11 Å². The molecule has 1 saturated heterocycles. The molecule has 2 aromatic carbocycles. The quantitative estimate of drug-likeness (QED) is 0.202. The second kappa shape index (κ2) is 14.3. The fraction of sp³-hybridized carbons (Fsp3) is 0.486. The molecular formula is C37H44O11. The Balaban J connectivity index is 1.58. The first-order valence-electron chi connectivity index (χ1n) is 15.8. The van der Waals surface area contributed by atoms with Gasteiger partial charge in [0.1, 0.15) is 0 Å². The van der Waals surface area contributed by atoms with Gasteiger partial charge in [-0.3, -0.25) is 14.4 Å². The average Bonchev–Trinajstić information content (AvgIpc) is 3.01. The molecule has 4 rings (SSSR count). The monoisotopic (exact) mass is 664 g/mol. The van der Waals surface area contributed by atoms with Gasteiger partial charge in [-0.15, -0.1) is 0 Å². The van der Waals surface area contributed by atoms with Crippen LogP contribution in [0.4, 0.5) is 0 Å². The number of esters is 5. The summed E-state index contributed by atoms with van der Waals surface area (Å²) in [5, 5.41) is 0. The van der Waals surface area contributed by atoms with E-state index in [0.29, 0.717) is 0 Å². The summed E-state index contributed by atoms with van der Waals surface area (Å²) < 4.78 is 31.9. The fourth-order valence-electron chi connectivity index (χ4n) is 6.23. The Hall–Kier alpha value is -4.51. The normalized spacial score (nSPS) is 24.4. The molecule has 11 nitrogen and oxygen atoms in total. The number of hydrogen-bond donors (Lipinski definition) is 0. The van der Waals surface area contributed by atoms with Gasteiger partial charge in [-0.2, -0.15) is 0 Å². The molecular weight excluding hydrogens is 620 g/mol. The highest BCUT2D eigenvalue weighted by Gasteiger charge is 2.56. The Morgan fingerprint density at radius 1 is 0.688 bits per heavy atom. The van der Waals surface area contributed by atoms with Gasteiger partial charge in [-0.25, -0.2) is 9.59 Å². The van der Waals surface area contributed by atoms with Crippen molar-refractivity contribution in [3.8, 4) is 0 Å². The lowest BCUT2D eigenvalue weighted by Gasteiger charge is -2.42. The molecule has 5 atom stereocenters. The SMILES string of the molecule is COC(=O)[C@H]1O[C@H](OC(=O)c2ccc(/C=C(\C)c3ccc4c(c3)C(C)(C)CCC4(C)C)cc2)[C@H](OC(C)=O)[C@@H](OC(C)=O)[C@@H]1OC(C)=O. The van der Waals surface area contributed by atoms with Gasteiger partial charge in [0.05, 0.1) is 12.7 Å². The van der Waals surface area contributed by atoms with Crippen LogP contribution in [0.25, 0.3) is 11.6 Å². The van der Waals surface area contributed by atoms with Crippen LogP contribution in [0.15, 0.2) is 42.5 Å². The van der Waals surface area contributed by atoms with Gasteiger partial charge in [0.2, 0.25) is 12.4 Å². The second-order valence-corrected chi connectivity index (χ2v) is 13.6. The maximum atomic E-state index is 13.3. The summed E-state index contributed by atoms with van der Waals surface area (Å²) in [7, 11) is 1.07. The molecule has 0 bridgehead atoms. The predicted octanol–water partition coefficient (Wildman–Crippen LogP) is 5.45. The number of carbonyl (C=O) groups is 5. The van der Waals surface area contributed by atoms with Gasteiger partial charge >= 0.3 is 29.8 Å². The second-order valence-electron chi connectivity index (χ2n) is 13.6. The Morgan fingerprint density at radius 2 is 1.21 bits per heavy atom. The van der Waals surface area contributed by atoms with E-state index in [0.717, 1.165) is 57.4 Å². The van der Waals surface area contributed by atoms with Crippen molar-refractivity contribution in [1.29, 1.82) is 0 Å². The lowest BCUT2D eigenvalue weighted by atomic mass is 9.63. The van der Waals surface area contributed by atoms with Gasteiger partial charge < -0.3 is 28.4 Å². The minimum absolute atomic E-state index is 0.0795. The summed E-state index contributed by atoms with van der Waals surface area (Å²) in [4.78, 5) is 61.9. The van der Waals surface area contributed by atoms with Crippen LogP contribution in [0.3, 0.4) is 0 Å². The fourth-order valence-corrected chi connectivity index (χ4v) is 6.23. The molecule has 0 amide bonds. The lowest BCUT2D eigenvalue weighted by molar-refractivity contribution is -0.288. The smallest absolute Gasteiger partial charge is 0.340 e. The number of hydrogen-bond acceptors (Lipinski definition) is 11. The highest BCUT2D eigenvalue weighted by Crippen LogP contribution is 2.46. The molecule has 1 aliphatic heterocycles. The maximum Gasteiger partial charge on any atom is 0.340 e. The number of benzene rings is 2. The van der Waals surface area contributed by atoms with E-state index in [2.05, 4.69) is 45.9 Å². The highest BCUT2D eigenvalue weighted by molar-refractivity contribution is 5.90. The molecule has 0 N–H and O–H groups in total. The highest BCUT2D eigenvalue weighted by atomic mass is 16.7. The summed E-state index contributed by atoms with van der Waals surface area (Å²) >= 11 is 0. The van der Waals surface area contributed by atoms with E-state index in [-0.39, 0.29) is 16.4 Å². The molecule has 2 aromatic rings. The molecule has 0 unspecified atom stereocenters. The summed E-state index contributed by atoms with van der Waals surface area (Å²) in [5.41, 5.74) is 6.10. The van der Waals surface area contributed by atoms with Crippen molar-refractivity contribution in [2.45, 2.75) is 110 Å². The van der Waals surface area contributed by atoms with Crippen molar-refractivity contribution < 1.29 is 52.4 Å². The number of fused-ring (bicyclic) bond motifs is 1. The van der Waals surface area contributed by atoms with Crippen LogP contribution < -0.4 is 0 Å². The first-order chi connectivity index (χ1) is 22.4. The Labute approximate surface area is 280 Å². The summed E-state index contributed by atoms with van der Waals surface area (Å²) in [6.45, 7) is 14.4. The Kier molecular flexibility index (Phi) is 10.8. The maximum absolute atomic E-state index is 13.3. The first kappa shape index (κ1) is 36.3. The van der Waals surface area contributed by atoms with Crippen molar-refractivity contribution >= 4 is 41.5 Å². The van der Waals surface area contributed by atoms with Crippen LogP contribution in [0.5, 0.6) is 0 Å². The van der Waals surface area contributed by atoms with E-state index in [1.165, 1.54) is 11.1 Å². The van der Waals surface area contributed by atoms with Crippen molar-refractivity contribution in [3.63, 3.8) is 0 Å². The van der Waals surface area contributed by atoms with Gasteiger partial charge in [-0.05, 0) is 70.6 Å². The van der Waals surface area contributed by atoms with Gasteiger partial charge in [-0.1, -0.05) is 64.1 Å². The Morgan fingerprint density at radius 3 is 1.77 bits per heavy atom. The molecule has 48 heavy (non-hydrogen) atoms. The van der Waals surface area contributed by atoms with Crippen LogP contribution in [-0.4, -0.2) is 67.7 Å². The van der Waals surface area contributed by atoms with E-state index in [1.54, 1.807) is 24.3 Å². The zero-order chi connectivity index (χ0) is 35.6. The first-order valence-corrected chi connectivity index (χ1v) is 15.8.